The third kappa shape index (κ3) is 2.52. The first kappa shape index (κ1) is 11.0. The standard InChI is InChI=1S/C12H12O3S/c1-2-13-12(16)6-4-9-3-5-10-11(7-9)15-8-14-10/h3-7H,2,8H2,1H3/b6-4+. The molecule has 0 N–H and O–H groups in total. The molecule has 0 saturated heterocycles. The molecule has 0 unspecified atom stereocenters. The maximum atomic E-state index is 5.27. The van der Waals surface area contributed by atoms with Crippen LogP contribution in [-0.4, -0.2) is 18.5 Å². The first-order valence-corrected chi connectivity index (χ1v) is 5.45. The van der Waals surface area contributed by atoms with Gasteiger partial charge in [0.25, 0.3) is 0 Å². The van der Waals surface area contributed by atoms with Gasteiger partial charge in [-0.05, 0) is 42.9 Å². The summed E-state index contributed by atoms with van der Waals surface area (Å²) >= 11 is 4.99. The van der Waals surface area contributed by atoms with E-state index in [1.165, 1.54) is 0 Å². The normalized spacial score (nSPS) is 13.1. The van der Waals surface area contributed by atoms with Crippen LogP contribution in [0.5, 0.6) is 11.5 Å². The Hall–Kier alpha value is -1.55. The molecule has 1 aromatic carbocycles. The lowest BCUT2D eigenvalue weighted by Gasteiger charge is -1.99. The zero-order valence-corrected chi connectivity index (χ0v) is 9.75. The Morgan fingerprint density at radius 1 is 1.44 bits per heavy atom. The molecule has 0 aromatic heterocycles. The molecule has 84 valence electrons. The van der Waals surface area contributed by atoms with Crippen molar-refractivity contribution >= 4 is 23.3 Å². The Kier molecular flexibility index (Phi) is 3.41. The van der Waals surface area contributed by atoms with Gasteiger partial charge in [-0.1, -0.05) is 12.1 Å². The molecule has 0 amide bonds. The van der Waals surface area contributed by atoms with Crippen LogP contribution in [0.25, 0.3) is 6.08 Å². The third-order valence-corrected chi connectivity index (χ3v) is 2.35. The Bertz CT molecular complexity index is 426. The fourth-order valence-corrected chi connectivity index (χ4v) is 1.56. The average Bonchev–Trinajstić information content (AvgIpc) is 2.74. The summed E-state index contributed by atoms with van der Waals surface area (Å²) in [5.41, 5.74) is 1.01. The maximum Gasteiger partial charge on any atom is 0.231 e. The van der Waals surface area contributed by atoms with Crippen LogP contribution in [0, 0.1) is 0 Å². The first-order chi connectivity index (χ1) is 7.79. The molecule has 16 heavy (non-hydrogen) atoms. The maximum absolute atomic E-state index is 5.27. The van der Waals surface area contributed by atoms with E-state index < -0.39 is 0 Å². The highest BCUT2D eigenvalue weighted by Crippen LogP contribution is 2.32. The molecule has 0 atom stereocenters. The second-order valence-electron chi connectivity index (χ2n) is 3.20. The number of thiocarbonyl (C=S) groups is 1. The predicted molar refractivity (Wildman–Crippen MR) is 65.8 cm³/mol. The molecule has 0 fully saturated rings. The molecule has 0 aliphatic carbocycles. The minimum Gasteiger partial charge on any atom is -0.484 e. The van der Waals surface area contributed by atoms with E-state index in [2.05, 4.69) is 0 Å². The molecular weight excluding hydrogens is 224 g/mol. The summed E-state index contributed by atoms with van der Waals surface area (Å²) < 4.78 is 15.6. The van der Waals surface area contributed by atoms with Crippen LogP contribution in [-0.2, 0) is 4.74 Å². The second kappa shape index (κ2) is 4.99. The van der Waals surface area contributed by atoms with Gasteiger partial charge in [-0.25, -0.2) is 0 Å². The third-order valence-electron chi connectivity index (χ3n) is 2.10. The SMILES string of the molecule is CCOC(=S)/C=C/c1ccc2c(c1)OCO2. The average molecular weight is 236 g/mol. The fraction of sp³-hybridized carbons (Fsp3) is 0.250. The summed E-state index contributed by atoms with van der Waals surface area (Å²) in [4.78, 5) is 0. The number of fused-ring (bicyclic) bond motifs is 1. The largest absolute Gasteiger partial charge is 0.484 e. The van der Waals surface area contributed by atoms with Crippen molar-refractivity contribution in [2.24, 2.45) is 0 Å². The highest BCUT2D eigenvalue weighted by Gasteiger charge is 2.12. The minimum absolute atomic E-state index is 0.292. The predicted octanol–water partition coefficient (Wildman–Crippen LogP) is 2.79. The van der Waals surface area contributed by atoms with Crippen LogP contribution in [0.2, 0.25) is 0 Å². The Morgan fingerprint density at radius 3 is 3.06 bits per heavy atom. The number of ether oxygens (including phenoxy) is 3. The molecule has 3 nitrogen and oxygen atoms in total. The van der Waals surface area contributed by atoms with Crippen molar-refractivity contribution in [1.82, 2.24) is 0 Å². The molecule has 1 aliphatic heterocycles. The Labute approximate surface area is 99.6 Å². The zero-order valence-electron chi connectivity index (χ0n) is 8.93. The van der Waals surface area contributed by atoms with E-state index in [4.69, 9.17) is 26.4 Å². The van der Waals surface area contributed by atoms with E-state index in [1.54, 1.807) is 6.08 Å². The highest BCUT2D eigenvalue weighted by molar-refractivity contribution is 7.80. The van der Waals surface area contributed by atoms with Gasteiger partial charge in [0.15, 0.2) is 16.5 Å². The Morgan fingerprint density at radius 2 is 2.25 bits per heavy atom. The van der Waals surface area contributed by atoms with Gasteiger partial charge in [-0.2, -0.15) is 0 Å². The van der Waals surface area contributed by atoms with Crippen molar-refractivity contribution in [3.63, 3.8) is 0 Å². The molecule has 0 bridgehead atoms. The van der Waals surface area contributed by atoms with Crippen LogP contribution in [0.1, 0.15) is 12.5 Å². The van der Waals surface area contributed by atoms with Crippen molar-refractivity contribution in [3.05, 3.63) is 29.8 Å². The highest BCUT2D eigenvalue weighted by atomic mass is 32.1. The van der Waals surface area contributed by atoms with Gasteiger partial charge in [0.2, 0.25) is 6.79 Å². The van der Waals surface area contributed by atoms with Crippen LogP contribution < -0.4 is 9.47 Å². The molecule has 2 rings (SSSR count). The van der Waals surface area contributed by atoms with Crippen LogP contribution >= 0.6 is 12.2 Å². The number of hydrogen-bond acceptors (Lipinski definition) is 4. The summed E-state index contributed by atoms with van der Waals surface area (Å²) in [6.07, 6.45) is 3.65. The molecule has 1 aliphatic rings. The zero-order chi connectivity index (χ0) is 11.4. The lowest BCUT2D eigenvalue weighted by molar-refractivity contribution is 0.174. The smallest absolute Gasteiger partial charge is 0.231 e. The second-order valence-corrected chi connectivity index (χ2v) is 3.60. The lowest BCUT2D eigenvalue weighted by atomic mass is 10.2. The topological polar surface area (TPSA) is 27.7 Å². The number of rotatable bonds is 3. The van der Waals surface area contributed by atoms with Gasteiger partial charge in [0, 0.05) is 0 Å². The van der Waals surface area contributed by atoms with Gasteiger partial charge >= 0.3 is 0 Å². The van der Waals surface area contributed by atoms with E-state index in [0.29, 0.717) is 18.5 Å². The molecule has 1 aromatic rings. The molecule has 0 radical (unpaired) electrons. The summed E-state index contributed by atoms with van der Waals surface area (Å²) in [7, 11) is 0. The van der Waals surface area contributed by atoms with Crippen molar-refractivity contribution in [2.75, 3.05) is 13.4 Å². The van der Waals surface area contributed by atoms with E-state index in [-0.39, 0.29) is 0 Å². The summed E-state index contributed by atoms with van der Waals surface area (Å²) in [6, 6.07) is 5.73. The van der Waals surface area contributed by atoms with Crippen molar-refractivity contribution in [1.29, 1.82) is 0 Å². The summed E-state index contributed by atoms with van der Waals surface area (Å²) in [5.74, 6) is 1.55. The summed E-state index contributed by atoms with van der Waals surface area (Å²) in [5, 5.41) is 0.486. The van der Waals surface area contributed by atoms with E-state index in [9.17, 15) is 0 Å². The van der Waals surface area contributed by atoms with Gasteiger partial charge in [-0.3, -0.25) is 0 Å². The van der Waals surface area contributed by atoms with Crippen LogP contribution in [0.3, 0.4) is 0 Å². The Balaban J connectivity index is 2.08. The van der Waals surface area contributed by atoms with Gasteiger partial charge < -0.3 is 14.2 Å². The number of benzene rings is 1. The molecular formula is C12H12O3S. The van der Waals surface area contributed by atoms with Crippen LogP contribution in [0.15, 0.2) is 24.3 Å². The summed E-state index contributed by atoms with van der Waals surface area (Å²) in [6.45, 7) is 2.78. The minimum atomic E-state index is 0.292. The van der Waals surface area contributed by atoms with Gasteiger partial charge in [0.05, 0.1) is 6.61 Å². The fourth-order valence-electron chi connectivity index (χ4n) is 1.37. The molecule has 0 saturated carbocycles. The quantitative estimate of drug-likeness (QED) is 0.596. The van der Waals surface area contributed by atoms with Crippen LogP contribution in [0.4, 0.5) is 0 Å². The monoisotopic (exact) mass is 236 g/mol. The molecule has 1 heterocycles. The molecule has 4 heteroatoms. The van der Waals surface area contributed by atoms with Crippen molar-refractivity contribution in [2.45, 2.75) is 6.92 Å². The van der Waals surface area contributed by atoms with Gasteiger partial charge in [-0.15, -0.1) is 0 Å². The van der Waals surface area contributed by atoms with E-state index in [0.717, 1.165) is 17.1 Å². The van der Waals surface area contributed by atoms with Crippen molar-refractivity contribution in [3.8, 4) is 11.5 Å². The van der Waals surface area contributed by atoms with E-state index >= 15 is 0 Å². The number of hydrogen-bond donors (Lipinski definition) is 0. The lowest BCUT2D eigenvalue weighted by Crippen LogP contribution is -1.95. The van der Waals surface area contributed by atoms with Crippen molar-refractivity contribution < 1.29 is 14.2 Å². The van der Waals surface area contributed by atoms with E-state index in [1.807, 2.05) is 31.2 Å². The molecule has 0 spiro atoms. The van der Waals surface area contributed by atoms with Gasteiger partial charge in [0.1, 0.15) is 0 Å². The first-order valence-electron chi connectivity index (χ1n) is 5.04.